The smallest absolute Gasteiger partial charge is 0.410 e. The van der Waals surface area contributed by atoms with E-state index < -0.39 is 5.60 Å². The van der Waals surface area contributed by atoms with Crippen LogP contribution in [-0.2, 0) is 11.3 Å². The van der Waals surface area contributed by atoms with Crippen LogP contribution >= 0.6 is 11.6 Å². The summed E-state index contributed by atoms with van der Waals surface area (Å²) in [6.45, 7) is 9.70. The molecule has 6 heteroatoms. The summed E-state index contributed by atoms with van der Waals surface area (Å²) in [6.07, 6.45) is 4.35. The minimum Gasteiger partial charge on any atom is -0.493 e. The van der Waals surface area contributed by atoms with Crippen LogP contribution < -0.4 is 10.1 Å². The molecule has 0 atom stereocenters. The average molecular weight is 409 g/mol. The Hall–Kier alpha value is -1.46. The Labute approximate surface area is 173 Å². The normalized spacial score (nSPS) is 18.2. The molecule has 0 unspecified atom stereocenters. The Bertz CT molecular complexity index is 662. The van der Waals surface area contributed by atoms with E-state index in [9.17, 15) is 4.79 Å². The van der Waals surface area contributed by atoms with E-state index in [1.165, 1.54) is 12.8 Å². The van der Waals surface area contributed by atoms with Crippen molar-refractivity contribution in [2.75, 3.05) is 26.2 Å². The summed E-state index contributed by atoms with van der Waals surface area (Å²) in [5, 5.41) is 4.29. The summed E-state index contributed by atoms with van der Waals surface area (Å²) >= 11 is 6.18. The Kier molecular flexibility index (Phi) is 7.10. The molecule has 156 valence electrons. The van der Waals surface area contributed by atoms with Gasteiger partial charge in [-0.3, -0.25) is 0 Å². The number of hydrogen-bond acceptors (Lipinski definition) is 4. The van der Waals surface area contributed by atoms with E-state index in [0.29, 0.717) is 5.92 Å². The van der Waals surface area contributed by atoms with E-state index in [-0.39, 0.29) is 6.09 Å². The fraction of sp³-hybridized carbons (Fsp3) is 0.682. The molecule has 28 heavy (non-hydrogen) atoms. The standard InChI is InChI=1S/C22H33ClN2O3/c1-22(2,3)28-21(26)25-10-8-16(9-11-25)13-24-14-18-12-19(23)6-7-20(18)27-15-17-4-5-17/h6-7,12,16-17,24H,4-5,8-11,13-15H2,1-3H3. The SMILES string of the molecule is CC(C)(C)OC(=O)N1CCC(CNCc2cc(Cl)ccc2OCC2CC2)CC1. The van der Waals surface area contributed by atoms with Crippen LogP contribution in [0.5, 0.6) is 5.75 Å². The van der Waals surface area contributed by atoms with Crippen LogP contribution in [0.25, 0.3) is 0 Å². The zero-order chi connectivity index (χ0) is 20.1. The number of carbonyl (C=O) groups is 1. The van der Waals surface area contributed by atoms with E-state index in [1.54, 1.807) is 0 Å². The van der Waals surface area contributed by atoms with Gasteiger partial charge in [-0.05, 0) is 83.0 Å². The highest BCUT2D eigenvalue weighted by Crippen LogP contribution is 2.31. The first-order chi connectivity index (χ1) is 13.3. The van der Waals surface area contributed by atoms with Crippen LogP contribution in [0, 0.1) is 11.8 Å². The fourth-order valence-electron chi connectivity index (χ4n) is 3.38. The quantitative estimate of drug-likeness (QED) is 0.699. The number of nitrogens with one attached hydrogen (secondary N) is 1. The van der Waals surface area contributed by atoms with Crippen LogP contribution in [0.3, 0.4) is 0 Å². The second-order valence-electron chi connectivity index (χ2n) is 9.05. The molecule has 5 nitrogen and oxygen atoms in total. The number of hydrogen-bond donors (Lipinski definition) is 1. The molecule has 1 amide bonds. The first-order valence-electron chi connectivity index (χ1n) is 10.4. The van der Waals surface area contributed by atoms with Gasteiger partial charge in [0.15, 0.2) is 0 Å². The van der Waals surface area contributed by atoms with E-state index >= 15 is 0 Å². The first kappa shape index (κ1) is 21.3. The molecule has 3 rings (SSSR count). The molecule has 1 aliphatic heterocycles. The molecule has 0 bridgehead atoms. The number of benzene rings is 1. The van der Waals surface area contributed by atoms with E-state index in [4.69, 9.17) is 21.1 Å². The van der Waals surface area contributed by atoms with E-state index in [2.05, 4.69) is 5.32 Å². The van der Waals surface area contributed by atoms with Crippen molar-refractivity contribution in [1.29, 1.82) is 0 Å². The van der Waals surface area contributed by atoms with Crippen molar-refractivity contribution >= 4 is 17.7 Å². The van der Waals surface area contributed by atoms with Gasteiger partial charge in [0.1, 0.15) is 11.4 Å². The lowest BCUT2D eigenvalue weighted by Crippen LogP contribution is -2.43. The number of halogens is 1. The number of carbonyl (C=O) groups excluding carboxylic acids is 1. The topological polar surface area (TPSA) is 50.8 Å². The zero-order valence-electron chi connectivity index (χ0n) is 17.3. The Morgan fingerprint density at radius 1 is 1.18 bits per heavy atom. The molecule has 1 N–H and O–H groups in total. The molecule has 1 saturated carbocycles. The summed E-state index contributed by atoms with van der Waals surface area (Å²) in [7, 11) is 0. The second kappa shape index (κ2) is 9.36. The molecule has 1 saturated heterocycles. The Morgan fingerprint density at radius 3 is 2.54 bits per heavy atom. The van der Waals surface area contributed by atoms with Crippen LogP contribution in [0.4, 0.5) is 4.79 Å². The largest absolute Gasteiger partial charge is 0.493 e. The number of ether oxygens (including phenoxy) is 2. The molecule has 1 aromatic carbocycles. The molecular weight excluding hydrogens is 376 g/mol. The fourth-order valence-corrected chi connectivity index (χ4v) is 3.57. The molecular formula is C22H33ClN2O3. The monoisotopic (exact) mass is 408 g/mol. The summed E-state index contributed by atoms with van der Waals surface area (Å²) in [5.74, 6) is 2.23. The Morgan fingerprint density at radius 2 is 1.89 bits per heavy atom. The molecule has 1 aromatic rings. The highest BCUT2D eigenvalue weighted by atomic mass is 35.5. The number of amides is 1. The summed E-state index contributed by atoms with van der Waals surface area (Å²) < 4.78 is 11.4. The van der Waals surface area contributed by atoms with Gasteiger partial charge < -0.3 is 19.7 Å². The van der Waals surface area contributed by atoms with Gasteiger partial charge >= 0.3 is 6.09 Å². The van der Waals surface area contributed by atoms with Crippen molar-refractivity contribution < 1.29 is 14.3 Å². The zero-order valence-corrected chi connectivity index (χ0v) is 18.1. The number of nitrogens with zero attached hydrogens (tertiary/aromatic N) is 1. The van der Waals surface area contributed by atoms with Crippen molar-refractivity contribution in [3.8, 4) is 5.75 Å². The first-order valence-corrected chi connectivity index (χ1v) is 10.8. The molecule has 0 spiro atoms. The van der Waals surface area contributed by atoms with Gasteiger partial charge in [0, 0.05) is 30.2 Å². The molecule has 0 aromatic heterocycles. The lowest BCUT2D eigenvalue weighted by molar-refractivity contribution is 0.0184. The highest BCUT2D eigenvalue weighted by molar-refractivity contribution is 6.30. The maximum Gasteiger partial charge on any atom is 0.410 e. The lowest BCUT2D eigenvalue weighted by atomic mass is 9.97. The van der Waals surface area contributed by atoms with Crippen LogP contribution in [0.1, 0.15) is 52.0 Å². The maximum atomic E-state index is 12.2. The lowest BCUT2D eigenvalue weighted by Gasteiger charge is -2.33. The van der Waals surface area contributed by atoms with Crippen molar-refractivity contribution in [3.05, 3.63) is 28.8 Å². The average Bonchev–Trinajstić information content (AvgIpc) is 3.44. The van der Waals surface area contributed by atoms with Gasteiger partial charge in [0.25, 0.3) is 0 Å². The predicted molar refractivity (Wildman–Crippen MR) is 112 cm³/mol. The van der Waals surface area contributed by atoms with Crippen molar-refractivity contribution in [1.82, 2.24) is 10.2 Å². The maximum absolute atomic E-state index is 12.2. The van der Waals surface area contributed by atoms with Gasteiger partial charge in [-0.15, -0.1) is 0 Å². The van der Waals surface area contributed by atoms with Gasteiger partial charge in [-0.2, -0.15) is 0 Å². The summed E-state index contributed by atoms with van der Waals surface area (Å²) in [6, 6.07) is 5.85. The third-order valence-corrected chi connectivity index (χ3v) is 5.44. The van der Waals surface area contributed by atoms with Crippen molar-refractivity contribution in [3.63, 3.8) is 0 Å². The Balaban J connectivity index is 1.41. The summed E-state index contributed by atoms with van der Waals surface area (Å²) in [5.41, 5.74) is 0.672. The van der Waals surface area contributed by atoms with Gasteiger partial charge in [0.05, 0.1) is 6.61 Å². The number of rotatable bonds is 7. The number of piperidine rings is 1. The van der Waals surface area contributed by atoms with Crippen molar-refractivity contribution in [2.45, 2.75) is 58.6 Å². The van der Waals surface area contributed by atoms with Gasteiger partial charge in [-0.1, -0.05) is 11.6 Å². The molecule has 1 heterocycles. The summed E-state index contributed by atoms with van der Waals surface area (Å²) in [4.78, 5) is 14.0. The van der Waals surface area contributed by atoms with Crippen molar-refractivity contribution in [2.24, 2.45) is 11.8 Å². The van der Waals surface area contributed by atoms with Crippen LogP contribution in [0.15, 0.2) is 18.2 Å². The molecule has 1 aliphatic carbocycles. The molecule has 2 aliphatic rings. The minimum absolute atomic E-state index is 0.199. The van der Waals surface area contributed by atoms with E-state index in [0.717, 1.165) is 67.9 Å². The van der Waals surface area contributed by atoms with Gasteiger partial charge in [0.2, 0.25) is 0 Å². The third-order valence-electron chi connectivity index (χ3n) is 5.21. The highest BCUT2D eigenvalue weighted by Gasteiger charge is 2.27. The van der Waals surface area contributed by atoms with Crippen LogP contribution in [0.2, 0.25) is 5.02 Å². The minimum atomic E-state index is -0.439. The van der Waals surface area contributed by atoms with E-state index in [1.807, 2.05) is 43.9 Å². The molecule has 2 fully saturated rings. The second-order valence-corrected chi connectivity index (χ2v) is 9.48. The third kappa shape index (κ3) is 6.85. The number of likely N-dealkylation sites (tertiary alicyclic amines) is 1. The molecule has 0 radical (unpaired) electrons. The van der Waals surface area contributed by atoms with Crippen LogP contribution in [-0.4, -0.2) is 42.8 Å². The predicted octanol–water partition coefficient (Wildman–Crippen LogP) is 4.87. The van der Waals surface area contributed by atoms with Gasteiger partial charge in [-0.25, -0.2) is 4.79 Å².